The average molecular weight is 318 g/mol. The van der Waals surface area contributed by atoms with Crippen LogP contribution in [0.25, 0.3) is 0 Å². The molecule has 0 radical (unpaired) electrons. The minimum atomic E-state index is -2.54. The summed E-state index contributed by atoms with van der Waals surface area (Å²) < 4.78 is 11.6. The lowest BCUT2D eigenvalue weighted by atomic mass is 10.2. The molecule has 1 heterocycles. The highest BCUT2D eigenvalue weighted by molar-refractivity contribution is 6.66. The first-order valence-electron chi connectivity index (χ1n) is 8.26. The predicted octanol–water partition coefficient (Wildman–Crippen LogP) is 3.87. The SMILES string of the molecule is CC[Si]1(CC)OOC2(CCCC2)OOC2(CCCC2)OO1. The van der Waals surface area contributed by atoms with Crippen LogP contribution in [-0.2, 0) is 28.7 Å². The van der Waals surface area contributed by atoms with E-state index in [4.69, 9.17) is 28.7 Å². The first-order valence-corrected chi connectivity index (χ1v) is 10.5. The monoisotopic (exact) mass is 318 g/mol. The second-order valence-corrected chi connectivity index (χ2v) is 9.92. The lowest BCUT2D eigenvalue weighted by Crippen LogP contribution is -2.44. The van der Waals surface area contributed by atoms with Crippen LogP contribution in [0.3, 0.4) is 0 Å². The number of hydrogen-bond donors (Lipinski definition) is 0. The van der Waals surface area contributed by atoms with Gasteiger partial charge in [0.05, 0.1) is 0 Å². The molecule has 21 heavy (non-hydrogen) atoms. The van der Waals surface area contributed by atoms with Crippen LogP contribution in [0.15, 0.2) is 0 Å². The third kappa shape index (κ3) is 3.19. The minimum Gasteiger partial charge on any atom is -0.245 e. The zero-order valence-electron chi connectivity index (χ0n) is 13.0. The molecular weight excluding hydrogens is 292 g/mol. The van der Waals surface area contributed by atoms with Gasteiger partial charge in [-0.3, -0.25) is 0 Å². The van der Waals surface area contributed by atoms with Crippen LogP contribution in [0.1, 0.15) is 65.2 Å². The molecule has 0 amide bonds. The Kier molecular flexibility index (Phi) is 4.71. The van der Waals surface area contributed by atoms with Crippen LogP contribution in [0, 0.1) is 0 Å². The van der Waals surface area contributed by atoms with Gasteiger partial charge in [-0.15, -0.1) is 0 Å². The summed E-state index contributed by atoms with van der Waals surface area (Å²) in [6.07, 6.45) is 7.31. The highest BCUT2D eigenvalue weighted by Gasteiger charge is 2.51. The van der Waals surface area contributed by atoms with Crippen molar-refractivity contribution in [2.45, 2.75) is 88.9 Å². The fourth-order valence-electron chi connectivity index (χ4n) is 3.14. The van der Waals surface area contributed by atoms with Crippen molar-refractivity contribution in [3.63, 3.8) is 0 Å². The van der Waals surface area contributed by atoms with Crippen molar-refractivity contribution in [2.24, 2.45) is 0 Å². The topological polar surface area (TPSA) is 55.4 Å². The van der Waals surface area contributed by atoms with Crippen LogP contribution >= 0.6 is 0 Å². The van der Waals surface area contributed by atoms with Crippen molar-refractivity contribution < 1.29 is 28.7 Å². The molecule has 0 aromatic carbocycles. The van der Waals surface area contributed by atoms with E-state index in [-0.39, 0.29) is 0 Å². The molecule has 3 aliphatic rings. The lowest BCUT2D eigenvalue weighted by molar-refractivity contribution is -0.546. The van der Waals surface area contributed by atoms with E-state index in [2.05, 4.69) is 0 Å². The Labute approximate surface area is 127 Å². The van der Waals surface area contributed by atoms with Gasteiger partial charge >= 0.3 is 8.56 Å². The zero-order valence-corrected chi connectivity index (χ0v) is 14.0. The van der Waals surface area contributed by atoms with Crippen LogP contribution in [0.4, 0.5) is 0 Å². The van der Waals surface area contributed by atoms with Crippen LogP contribution < -0.4 is 0 Å². The van der Waals surface area contributed by atoms with Crippen LogP contribution in [-0.4, -0.2) is 20.1 Å². The molecule has 0 unspecified atom stereocenters. The maximum absolute atomic E-state index is 5.78. The van der Waals surface area contributed by atoms with E-state index in [1.807, 2.05) is 13.8 Å². The molecule has 122 valence electrons. The molecule has 0 aromatic heterocycles. The van der Waals surface area contributed by atoms with Crippen molar-refractivity contribution >= 4 is 8.56 Å². The molecule has 1 aliphatic heterocycles. The largest absolute Gasteiger partial charge is 0.409 e. The highest BCUT2D eigenvalue weighted by atomic mass is 28.4. The minimum absolute atomic E-state index is 0.760. The van der Waals surface area contributed by atoms with E-state index >= 15 is 0 Å². The van der Waals surface area contributed by atoms with E-state index in [9.17, 15) is 0 Å². The molecule has 2 aliphatic carbocycles. The van der Waals surface area contributed by atoms with E-state index in [0.29, 0.717) is 0 Å². The average Bonchev–Trinajstić information content (AvgIpc) is 3.17. The molecule has 3 fully saturated rings. The summed E-state index contributed by atoms with van der Waals surface area (Å²) >= 11 is 0. The van der Waals surface area contributed by atoms with Gasteiger partial charge < -0.3 is 0 Å². The molecule has 1 saturated heterocycles. The van der Waals surface area contributed by atoms with E-state index in [1.54, 1.807) is 0 Å². The fourth-order valence-corrected chi connectivity index (χ4v) is 4.75. The van der Waals surface area contributed by atoms with Crippen molar-refractivity contribution in [1.82, 2.24) is 0 Å². The van der Waals surface area contributed by atoms with Gasteiger partial charge in [0.25, 0.3) is 0 Å². The van der Waals surface area contributed by atoms with E-state index in [0.717, 1.165) is 63.5 Å². The molecule has 2 spiro atoms. The predicted molar refractivity (Wildman–Crippen MR) is 75.6 cm³/mol. The molecule has 3 rings (SSSR count). The quantitative estimate of drug-likeness (QED) is 0.569. The van der Waals surface area contributed by atoms with E-state index in [1.165, 1.54) is 0 Å². The Hall–Kier alpha value is -0.0231. The summed E-state index contributed by atoms with van der Waals surface area (Å²) in [6, 6.07) is 1.52. The first kappa shape index (κ1) is 15.9. The highest BCUT2D eigenvalue weighted by Crippen LogP contribution is 2.43. The summed E-state index contributed by atoms with van der Waals surface area (Å²) in [6.45, 7) is 4.09. The summed E-state index contributed by atoms with van der Waals surface area (Å²) in [5, 5.41) is 0. The summed E-state index contributed by atoms with van der Waals surface area (Å²) in [7, 11) is -2.54. The Morgan fingerprint density at radius 1 is 0.667 bits per heavy atom. The Morgan fingerprint density at radius 3 is 1.38 bits per heavy atom. The Balaban J connectivity index is 1.82. The van der Waals surface area contributed by atoms with Gasteiger partial charge in [0, 0.05) is 25.7 Å². The maximum atomic E-state index is 5.78. The molecule has 2 saturated carbocycles. The normalized spacial score (nSPS) is 31.1. The van der Waals surface area contributed by atoms with Crippen molar-refractivity contribution in [1.29, 1.82) is 0 Å². The smallest absolute Gasteiger partial charge is 0.245 e. The molecule has 0 bridgehead atoms. The standard InChI is InChI=1S/C14H26O6Si/c1-3-21(4-2)19-17-13(9-5-6-10-13)15-16-14(18-20-21)11-7-8-12-14/h3-12H2,1-2H3. The fraction of sp³-hybridized carbons (Fsp3) is 1.00. The Bertz CT molecular complexity index is 297. The van der Waals surface area contributed by atoms with Gasteiger partial charge in [0.2, 0.25) is 11.6 Å². The Morgan fingerprint density at radius 2 is 1.05 bits per heavy atom. The van der Waals surface area contributed by atoms with Crippen molar-refractivity contribution in [3.8, 4) is 0 Å². The lowest BCUT2D eigenvalue weighted by Gasteiger charge is -2.30. The molecule has 0 N–H and O–H groups in total. The maximum Gasteiger partial charge on any atom is 0.409 e. The van der Waals surface area contributed by atoms with Gasteiger partial charge in [0.1, 0.15) is 0 Å². The second kappa shape index (κ2) is 6.23. The molecular formula is C14H26O6Si. The third-order valence-corrected chi connectivity index (χ3v) is 7.77. The van der Waals surface area contributed by atoms with Crippen LogP contribution in [0.2, 0.25) is 12.1 Å². The summed E-state index contributed by atoms with van der Waals surface area (Å²) in [4.78, 5) is 22.8. The van der Waals surface area contributed by atoms with Gasteiger partial charge in [-0.05, 0) is 37.8 Å². The second-order valence-electron chi connectivity index (χ2n) is 6.35. The van der Waals surface area contributed by atoms with Gasteiger partial charge in [-0.25, -0.2) is 18.9 Å². The first-order chi connectivity index (χ1) is 10.2. The molecule has 6 nitrogen and oxygen atoms in total. The summed E-state index contributed by atoms with van der Waals surface area (Å²) in [5.41, 5.74) is 0. The van der Waals surface area contributed by atoms with Gasteiger partial charge in [-0.1, -0.05) is 13.8 Å². The zero-order chi connectivity index (χ0) is 14.8. The molecule has 0 atom stereocenters. The van der Waals surface area contributed by atoms with Crippen molar-refractivity contribution in [3.05, 3.63) is 0 Å². The van der Waals surface area contributed by atoms with E-state index < -0.39 is 20.1 Å². The molecule has 0 aromatic rings. The van der Waals surface area contributed by atoms with Crippen molar-refractivity contribution in [2.75, 3.05) is 0 Å². The third-order valence-electron chi connectivity index (χ3n) is 4.84. The number of hydrogen-bond acceptors (Lipinski definition) is 6. The number of rotatable bonds is 2. The van der Waals surface area contributed by atoms with Gasteiger partial charge in [0.15, 0.2) is 0 Å². The van der Waals surface area contributed by atoms with Crippen LogP contribution in [0.5, 0.6) is 0 Å². The van der Waals surface area contributed by atoms with Gasteiger partial charge in [-0.2, -0.15) is 9.78 Å². The molecule has 7 heteroatoms. The summed E-state index contributed by atoms with van der Waals surface area (Å²) in [5.74, 6) is -1.59.